The summed E-state index contributed by atoms with van der Waals surface area (Å²) < 4.78 is 5.67. The molecule has 2 aliphatic rings. The zero-order valence-electron chi connectivity index (χ0n) is 10.4. The van der Waals surface area contributed by atoms with E-state index in [9.17, 15) is 0 Å². The van der Waals surface area contributed by atoms with Crippen molar-refractivity contribution in [3.8, 4) is 0 Å². The largest absolute Gasteiger partial charge is 0.378 e. The van der Waals surface area contributed by atoms with Gasteiger partial charge in [0, 0.05) is 25.2 Å². The van der Waals surface area contributed by atoms with E-state index in [0.717, 1.165) is 13.2 Å². The summed E-state index contributed by atoms with van der Waals surface area (Å²) >= 11 is 0. The van der Waals surface area contributed by atoms with Gasteiger partial charge >= 0.3 is 0 Å². The fourth-order valence-corrected chi connectivity index (χ4v) is 3.01. The van der Waals surface area contributed by atoms with E-state index in [0.29, 0.717) is 24.2 Å². The Labute approximate surface area is 93.4 Å². The van der Waals surface area contributed by atoms with Gasteiger partial charge in [-0.2, -0.15) is 0 Å². The molecule has 2 rings (SSSR count). The van der Waals surface area contributed by atoms with Gasteiger partial charge in [0.05, 0.1) is 25.3 Å². The second-order valence-corrected chi connectivity index (χ2v) is 5.34. The number of nitrogens with zero attached hydrogens (tertiary/aromatic N) is 2. The van der Waals surface area contributed by atoms with Crippen molar-refractivity contribution in [2.45, 2.75) is 51.9 Å². The monoisotopic (exact) mass is 212 g/mol. The van der Waals surface area contributed by atoms with E-state index in [1.807, 2.05) is 0 Å². The van der Waals surface area contributed by atoms with Crippen LogP contribution in [0.4, 0.5) is 0 Å². The predicted molar refractivity (Wildman–Crippen MR) is 62.1 cm³/mol. The van der Waals surface area contributed by atoms with E-state index in [1.165, 1.54) is 13.1 Å². The summed E-state index contributed by atoms with van der Waals surface area (Å²) in [5, 5.41) is 0. The minimum atomic E-state index is 0.626. The lowest BCUT2D eigenvalue weighted by Gasteiger charge is -2.47. The summed E-state index contributed by atoms with van der Waals surface area (Å²) in [6.07, 6.45) is 0. The first-order valence-electron chi connectivity index (χ1n) is 6.20. The molecule has 15 heavy (non-hydrogen) atoms. The van der Waals surface area contributed by atoms with Gasteiger partial charge in [0.1, 0.15) is 0 Å². The Balaban J connectivity index is 2.09. The first-order valence-corrected chi connectivity index (χ1v) is 6.20. The molecule has 3 heteroatoms. The van der Waals surface area contributed by atoms with Crippen molar-refractivity contribution < 1.29 is 4.74 Å². The average Bonchev–Trinajstić information content (AvgIpc) is 2.63. The Morgan fingerprint density at radius 3 is 1.60 bits per heavy atom. The van der Waals surface area contributed by atoms with Crippen LogP contribution in [0.25, 0.3) is 0 Å². The number of fused-ring (bicyclic) bond motifs is 1. The average molecular weight is 212 g/mol. The van der Waals surface area contributed by atoms with Crippen LogP contribution in [0.1, 0.15) is 27.7 Å². The molecular weight excluding hydrogens is 188 g/mol. The van der Waals surface area contributed by atoms with Crippen LogP contribution >= 0.6 is 0 Å². The summed E-state index contributed by atoms with van der Waals surface area (Å²) in [4.78, 5) is 5.22. The van der Waals surface area contributed by atoms with Crippen LogP contribution in [0.3, 0.4) is 0 Å². The van der Waals surface area contributed by atoms with Gasteiger partial charge in [0.15, 0.2) is 0 Å². The van der Waals surface area contributed by atoms with Crippen LogP contribution in [0.5, 0.6) is 0 Å². The summed E-state index contributed by atoms with van der Waals surface area (Å²) in [5.41, 5.74) is 0. The molecule has 0 aliphatic carbocycles. The second-order valence-electron chi connectivity index (χ2n) is 5.34. The third-order valence-electron chi connectivity index (χ3n) is 3.82. The second kappa shape index (κ2) is 4.40. The minimum Gasteiger partial charge on any atom is -0.378 e. The predicted octanol–water partition coefficient (Wildman–Crippen LogP) is 1.19. The highest BCUT2D eigenvalue weighted by Crippen LogP contribution is 2.26. The van der Waals surface area contributed by atoms with Gasteiger partial charge in [-0.15, -0.1) is 0 Å². The minimum absolute atomic E-state index is 0.626. The molecule has 2 unspecified atom stereocenters. The first-order chi connectivity index (χ1) is 7.11. The molecule has 2 atom stereocenters. The zero-order valence-corrected chi connectivity index (χ0v) is 10.4. The summed E-state index contributed by atoms with van der Waals surface area (Å²) in [6.45, 7) is 13.4. The maximum Gasteiger partial charge on any atom is 0.0638 e. The van der Waals surface area contributed by atoms with Crippen molar-refractivity contribution in [1.82, 2.24) is 9.80 Å². The van der Waals surface area contributed by atoms with E-state index in [4.69, 9.17) is 4.74 Å². The topological polar surface area (TPSA) is 15.7 Å². The Morgan fingerprint density at radius 1 is 0.867 bits per heavy atom. The molecule has 0 spiro atoms. The Hall–Kier alpha value is -0.120. The molecule has 0 aromatic rings. The molecule has 0 saturated carbocycles. The van der Waals surface area contributed by atoms with Gasteiger partial charge in [-0.3, -0.25) is 9.80 Å². The summed E-state index contributed by atoms with van der Waals surface area (Å²) in [5.74, 6) is 0. The molecule has 0 bridgehead atoms. The van der Waals surface area contributed by atoms with Gasteiger partial charge in [-0.1, -0.05) is 0 Å². The lowest BCUT2D eigenvalue weighted by Crippen LogP contribution is -2.62. The fraction of sp³-hybridized carbons (Fsp3) is 1.00. The Bertz CT molecular complexity index is 196. The molecule has 0 radical (unpaired) electrons. The van der Waals surface area contributed by atoms with Crippen molar-refractivity contribution in [2.75, 3.05) is 26.3 Å². The van der Waals surface area contributed by atoms with Gasteiger partial charge in [0.25, 0.3) is 0 Å². The first kappa shape index (κ1) is 11.4. The lowest BCUT2D eigenvalue weighted by molar-refractivity contribution is 0.00997. The molecule has 2 saturated heterocycles. The number of hydrogen-bond acceptors (Lipinski definition) is 3. The highest BCUT2D eigenvalue weighted by Gasteiger charge is 2.41. The third kappa shape index (κ3) is 2.05. The standard InChI is InChI=1S/C12H24N2O/c1-9(2)13-5-6-14(10(3)4)12-8-15-7-11(12)13/h9-12H,5-8H2,1-4H3. The lowest BCUT2D eigenvalue weighted by atomic mass is 10.0. The fourth-order valence-electron chi connectivity index (χ4n) is 3.01. The van der Waals surface area contributed by atoms with Crippen molar-refractivity contribution in [3.05, 3.63) is 0 Å². The molecule has 2 heterocycles. The Morgan fingerprint density at radius 2 is 1.27 bits per heavy atom. The van der Waals surface area contributed by atoms with Crippen LogP contribution in [-0.2, 0) is 4.74 Å². The molecular formula is C12H24N2O. The molecule has 0 aromatic heterocycles. The van der Waals surface area contributed by atoms with Crippen LogP contribution in [0.2, 0.25) is 0 Å². The van der Waals surface area contributed by atoms with Gasteiger partial charge in [-0.05, 0) is 27.7 Å². The molecule has 2 fully saturated rings. The van der Waals surface area contributed by atoms with E-state index < -0.39 is 0 Å². The summed E-state index contributed by atoms with van der Waals surface area (Å²) in [6, 6.07) is 2.55. The van der Waals surface area contributed by atoms with Crippen molar-refractivity contribution >= 4 is 0 Å². The van der Waals surface area contributed by atoms with Crippen LogP contribution in [-0.4, -0.2) is 60.3 Å². The zero-order chi connectivity index (χ0) is 11.0. The van der Waals surface area contributed by atoms with Crippen LogP contribution < -0.4 is 0 Å². The molecule has 0 aromatic carbocycles. The number of ether oxygens (including phenoxy) is 1. The van der Waals surface area contributed by atoms with Gasteiger partial charge in [0.2, 0.25) is 0 Å². The number of piperazine rings is 1. The van der Waals surface area contributed by atoms with Crippen molar-refractivity contribution in [1.29, 1.82) is 0 Å². The Kier molecular flexibility index (Phi) is 3.33. The van der Waals surface area contributed by atoms with Crippen LogP contribution in [0.15, 0.2) is 0 Å². The maximum absolute atomic E-state index is 5.67. The molecule has 3 nitrogen and oxygen atoms in total. The van der Waals surface area contributed by atoms with E-state index in [-0.39, 0.29) is 0 Å². The highest BCUT2D eigenvalue weighted by molar-refractivity contribution is 4.97. The maximum atomic E-state index is 5.67. The highest BCUT2D eigenvalue weighted by atomic mass is 16.5. The van der Waals surface area contributed by atoms with Gasteiger partial charge < -0.3 is 4.74 Å². The normalized spacial score (nSPS) is 34.0. The van der Waals surface area contributed by atoms with Crippen LogP contribution in [0, 0.1) is 0 Å². The molecule has 0 amide bonds. The number of hydrogen-bond donors (Lipinski definition) is 0. The molecule has 2 aliphatic heterocycles. The van der Waals surface area contributed by atoms with Crippen molar-refractivity contribution in [3.63, 3.8) is 0 Å². The number of rotatable bonds is 2. The van der Waals surface area contributed by atoms with E-state index >= 15 is 0 Å². The molecule has 88 valence electrons. The van der Waals surface area contributed by atoms with Crippen molar-refractivity contribution in [2.24, 2.45) is 0 Å². The molecule has 0 N–H and O–H groups in total. The summed E-state index contributed by atoms with van der Waals surface area (Å²) in [7, 11) is 0. The quantitative estimate of drug-likeness (QED) is 0.684. The SMILES string of the molecule is CC(C)N1CCN(C(C)C)C2COCC21. The van der Waals surface area contributed by atoms with E-state index in [2.05, 4.69) is 37.5 Å². The van der Waals surface area contributed by atoms with Gasteiger partial charge in [-0.25, -0.2) is 0 Å². The van der Waals surface area contributed by atoms with E-state index in [1.54, 1.807) is 0 Å². The third-order valence-corrected chi connectivity index (χ3v) is 3.82. The smallest absolute Gasteiger partial charge is 0.0638 e.